The summed E-state index contributed by atoms with van der Waals surface area (Å²) < 4.78 is 12.1. The number of ketones is 1. The number of azide groups is 1. The zero-order chi connectivity index (χ0) is 20.8. The van der Waals surface area contributed by atoms with Gasteiger partial charge in [0.2, 0.25) is 0 Å². The number of rotatable bonds is 7. The summed E-state index contributed by atoms with van der Waals surface area (Å²) in [7, 11) is 0. The molecule has 30 heavy (non-hydrogen) atoms. The molecule has 0 amide bonds. The van der Waals surface area contributed by atoms with Crippen molar-refractivity contribution in [1.29, 1.82) is 0 Å². The molecule has 3 aromatic rings. The summed E-state index contributed by atoms with van der Waals surface area (Å²) in [5, 5.41) is 3.64. The van der Waals surface area contributed by atoms with E-state index in [0.29, 0.717) is 43.1 Å². The lowest BCUT2D eigenvalue weighted by atomic mass is 9.87. The molecule has 0 spiro atoms. The number of carbonyl (C=O) groups excluding carboxylic acids is 1. The molecule has 0 aromatic heterocycles. The van der Waals surface area contributed by atoms with Crippen LogP contribution in [0.2, 0.25) is 0 Å². The highest BCUT2D eigenvalue weighted by Gasteiger charge is 2.28. The minimum atomic E-state index is -0.666. The average molecular weight is 399 g/mol. The first-order valence-corrected chi connectivity index (χ1v) is 9.83. The van der Waals surface area contributed by atoms with E-state index in [2.05, 4.69) is 10.0 Å². The van der Waals surface area contributed by atoms with Crippen LogP contribution in [0.15, 0.2) is 77.9 Å². The smallest absolute Gasteiger partial charge is 0.172 e. The standard InChI is InChI=1S/C24H21N3O3/c25-27-26-21-12-11-19-13-22(29-15-17-7-3-1-4-8-17)23(14-20(19)24(21)28)30-16-18-9-5-2-6-10-18/h1-10,13-14,21H,11-12,15-16H2. The molecule has 6 heteroatoms. The molecule has 0 saturated heterocycles. The Morgan fingerprint density at radius 3 is 2.03 bits per heavy atom. The van der Waals surface area contributed by atoms with E-state index in [0.717, 1.165) is 16.7 Å². The van der Waals surface area contributed by atoms with Crippen molar-refractivity contribution in [1.82, 2.24) is 0 Å². The van der Waals surface area contributed by atoms with Crippen LogP contribution in [-0.4, -0.2) is 11.8 Å². The molecule has 150 valence electrons. The Hall–Kier alpha value is -3.76. The quantitative estimate of drug-likeness (QED) is 0.292. The Labute approximate surface area is 174 Å². The van der Waals surface area contributed by atoms with Crippen molar-refractivity contribution in [3.05, 3.63) is 105 Å². The second kappa shape index (κ2) is 9.16. The molecule has 0 saturated carbocycles. The van der Waals surface area contributed by atoms with E-state index in [4.69, 9.17) is 15.0 Å². The molecule has 4 rings (SSSR count). The van der Waals surface area contributed by atoms with Gasteiger partial charge in [-0.15, -0.1) is 0 Å². The summed E-state index contributed by atoms with van der Waals surface area (Å²) in [5.74, 6) is 0.931. The van der Waals surface area contributed by atoms with Gasteiger partial charge in [0.15, 0.2) is 17.3 Å². The summed E-state index contributed by atoms with van der Waals surface area (Å²) in [6.45, 7) is 0.756. The maximum Gasteiger partial charge on any atom is 0.172 e. The SMILES string of the molecule is [N-]=[N+]=NC1CCc2cc(OCc3ccccc3)c(OCc3ccccc3)cc2C1=O. The third-order valence-corrected chi connectivity index (χ3v) is 5.09. The van der Waals surface area contributed by atoms with Crippen molar-refractivity contribution in [2.24, 2.45) is 5.11 Å². The predicted molar refractivity (Wildman–Crippen MR) is 114 cm³/mol. The minimum absolute atomic E-state index is 0.173. The van der Waals surface area contributed by atoms with E-state index in [-0.39, 0.29) is 5.78 Å². The Morgan fingerprint density at radius 2 is 1.47 bits per heavy atom. The lowest BCUT2D eigenvalue weighted by Gasteiger charge is -2.22. The Morgan fingerprint density at radius 1 is 0.900 bits per heavy atom. The van der Waals surface area contributed by atoms with Crippen LogP contribution in [0.1, 0.15) is 33.5 Å². The molecule has 1 unspecified atom stereocenters. The molecule has 0 fully saturated rings. The van der Waals surface area contributed by atoms with E-state index >= 15 is 0 Å². The Balaban J connectivity index is 1.63. The third-order valence-electron chi connectivity index (χ3n) is 5.09. The number of Topliss-reactive ketones (excluding diaryl/α,β-unsaturated/α-hetero) is 1. The fourth-order valence-corrected chi connectivity index (χ4v) is 3.51. The lowest BCUT2D eigenvalue weighted by Crippen LogP contribution is -2.25. The number of fused-ring (bicyclic) bond motifs is 1. The molecule has 0 aliphatic heterocycles. The monoisotopic (exact) mass is 399 g/mol. The van der Waals surface area contributed by atoms with Crippen LogP contribution in [0.5, 0.6) is 11.5 Å². The van der Waals surface area contributed by atoms with Crippen molar-refractivity contribution < 1.29 is 14.3 Å². The maximum atomic E-state index is 12.8. The number of hydrogen-bond acceptors (Lipinski definition) is 4. The molecule has 6 nitrogen and oxygen atoms in total. The van der Waals surface area contributed by atoms with Gasteiger partial charge in [-0.3, -0.25) is 4.79 Å². The normalized spacial score (nSPS) is 15.1. The Kier molecular flexibility index (Phi) is 5.97. The van der Waals surface area contributed by atoms with Crippen LogP contribution in [0.4, 0.5) is 0 Å². The summed E-state index contributed by atoms with van der Waals surface area (Å²) in [5.41, 5.74) is 12.2. The number of ether oxygens (including phenoxy) is 2. The maximum absolute atomic E-state index is 12.8. The van der Waals surface area contributed by atoms with Crippen molar-refractivity contribution in [2.75, 3.05) is 0 Å². The number of hydrogen-bond donors (Lipinski definition) is 0. The first kappa shape index (κ1) is 19.6. The number of benzene rings is 3. The van der Waals surface area contributed by atoms with Crippen molar-refractivity contribution in [2.45, 2.75) is 32.1 Å². The van der Waals surface area contributed by atoms with Gasteiger partial charge in [0.25, 0.3) is 0 Å². The zero-order valence-electron chi connectivity index (χ0n) is 16.4. The second-order valence-electron chi connectivity index (χ2n) is 7.13. The Bertz CT molecular complexity index is 1080. The van der Waals surface area contributed by atoms with E-state index < -0.39 is 6.04 Å². The van der Waals surface area contributed by atoms with Crippen LogP contribution in [-0.2, 0) is 19.6 Å². The van der Waals surface area contributed by atoms with Gasteiger partial charge in [-0.05, 0) is 47.2 Å². The van der Waals surface area contributed by atoms with Gasteiger partial charge in [-0.2, -0.15) is 0 Å². The van der Waals surface area contributed by atoms with Gasteiger partial charge in [-0.25, -0.2) is 0 Å². The van der Waals surface area contributed by atoms with Gasteiger partial charge >= 0.3 is 0 Å². The van der Waals surface area contributed by atoms with E-state index in [1.165, 1.54) is 0 Å². The highest BCUT2D eigenvalue weighted by atomic mass is 16.5. The number of nitrogens with zero attached hydrogens (tertiary/aromatic N) is 3. The predicted octanol–water partition coefficient (Wildman–Crippen LogP) is 5.65. The van der Waals surface area contributed by atoms with Crippen LogP contribution < -0.4 is 9.47 Å². The van der Waals surface area contributed by atoms with Gasteiger partial charge in [0, 0.05) is 10.5 Å². The van der Waals surface area contributed by atoms with Crippen LogP contribution in [0, 0.1) is 0 Å². The summed E-state index contributed by atoms with van der Waals surface area (Å²) in [4.78, 5) is 15.6. The van der Waals surface area contributed by atoms with Gasteiger partial charge in [-0.1, -0.05) is 65.8 Å². The van der Waals surface area contributed by atoms with Crippen molar-refractivity contribution in [3.63, 3.8) is 0 Å². The van der Waals surface area contributed by atoms with E-state index in [1.807, 2.05) is 66.7 Å². The molecule has 0 bridgehead atoms. The van der Waals surface area contributed by atoms with E-state index in [1.54, 1.807) is 6.07 Å². The van der Waals surface area contributed by atoms with Crippen LogP contribution >= 0.6 is 0 Å². The second-order valence-corrected chi connectivity index (χ2v) is 7.13. The number of aryl methyl sites for hydroxylation is 1. The van der Waals surface area contributed by atoms with E-state index in [9.17, 15) is 4.79 Å². The first-order valence-electron chi connectivity index (χ1n) is 9.83. The summed E-state index contributed by atoms with van der Waals surface area (Å²) >= 11 is 0. The fourth-order valence-electron chi connectivity index (χ4n) is 3.51. The highest BCUT2D eigenvalue weighted by Crippen LogP contribution is 2.36. The molecule has 1 aliphatic carbocycles. The fraction of sp³-hybridized carbons (Fsp3) is 0.208. The lowest BCUT2D eigenvalue weighted by molar-refractivity contribution is 0.0948. The first-order chi connectivity index (χ1) is 14.7. The molecule has 1 aliphatic rings. The molecule has 0 N–H and O–H groups in total. The molecular formula is C24H21N3O3. The molecule has 0 heterocycles. The molecule has 0 radical (unpaired) electrons. The van der Waals surface area contributed by atoms with Gasteiger partial charge in [0.1, 0.15) is 19.3 Å². The van der Waals surface area contributed by atoms with Gasteiger partial charge in [0.05, 0.1) is 0 Å². The zero-order valence-corrected chi connectivity index (χ0v) is 16.4. The minimum Gasteiger partial charge on any atom is -0.485 e. The average Bonchev–Trinajstić information content (AvgIpc) is 2.79. The van der Waals surface area contributed by atoms with Crippen molar-refractivity contribution in [3.8, 4) is 11.5 Å². The topological polar surface area (TPSA) is 84.3 Å². The van der Waals surface area contributed by atoms with Crippen LogP contribution in [0.25, 0.3) is 10.4 Å². The third kappa shape index (κ3) is 4.45. The largest absolute Gasteiger partial charge is 0.485 e. The highest BCUT2D eigenvalue weighted by molar-refractivity contribution is 6.03. The molecule has 1 atom stereocenters. The number of carbonyl (C=O) groups is 1. The molecular weight excluding hydrogens is 378 g/mol. The summed E-state index contributed by atoms with van der Waals surface area (Å²) in [6.07, 6.45) is 1.14. The molecule has 3 aromatic carbocycles. The van der Waals surface area contributed by atoms with Crippen molar-refractivity contribution >= 4 is 5.78 Å². The summed E-state index contributed by atoms with van der Waals surface area (Å²) in [6, 6.07) is 22.6. The van der Waals surface area contributed by atoms with Gasteiger partial charge < -0.3 is 9.47 Å². The van der Waals surface area contributed by atoms with Crippen LogP contribution in [0.3, 0.4) is 0 Å².